The Morgan fingerprint density at radius 3 is 2.62 bits per heavy atom. The van der Waals surface area contributed by atoms with E-state index in [1.165, 1.54) is 24.6 Å². The summed E-state index contributed by atoms with van der Waals surface area (Å²) in [6, 6.07) is 21.0. The van der Waals surface area contributed by atoms with Gasteiger partial charge in [-0.1, -0.05) is 30.3 Å². The number of fused-ring (bicyclic) bond motifs is 4. The lowest BCUT2D eigenvalue weighted by atomic mass is 9.96. The number of aromatic nitrogens is 2. The average molecular weight is 495 g/mol. The molecule has 1 aromatic heterocycles. The van der Waals surface area contributed by atoms with E-state index < -0.39 is 0 Å². The number of nitrogens with two attached hydrogens (primary N) is 1. The molecular weight excluding hydrogens is 460 g/mol. The first-order valence-electron chi connectivity index (χ1n) is 13.6. The number of nitrogens with zero attached hydrogens (tertiary/aromatic N) is 4. The summed E-state index contributed by atoms with van der Waals surface area (Å²) in [5, 5.41) is 7.14. The average Bonchev–Trinajstić information content (AvgIpc) is 3.49. The lowest BCUT2D eigenvalue weighted by molar-refractivity contribution is 0.188. The van der Waals surface area contributed by atoms with Gasteiger partial charge in [-0.2, -0.15) is 9.97 Å². The smallest absolute Gasteiger partial charge is 0.319 e. The van der Waals surface area contributed by atoms with Gasteiger partial charge in [0.05, 0.1) is 5.52 Å². The van der Waals surface area contributed by atoms with Gasteiger partial charge in [0.15, 0.2) is 0 Å². The first-order chi connectivity index (χ1) is 18.1. The molecule has 0 aliphatic carbocycles. The molecule has 0 amide bonds. The predicted molar refractivity (Wildman–Crippen MR) is 150 cm³/mol. The molecule has 3 aliphatic heterocycles. The maximum absolute atomic E-state index is 6.30. The predicted octanol–water partition coefficient (Wildman–Crippen LogP) is 4.45. The molecule has 3 aromatic carbocycles. The minimum Gasteiger partial charge on any atom is -0.462 e. The van der Waals surface area contributed by atoms with Crippen molar-refractivity contribution in [3.05, 3.63) is 54.6 Å². The maximum Gasteiger partial charge on any atom is 0.319 e. The van der Waals surface area contributed by atoms with Gasteiger partial charge in [-0.3, -0.25) is 0 Å². The third-order valence-corrected chi connectivity index (χ3v) is 8.44. The van der Waals surface area contributed by atoms with Crippen LogP contribution in [0.2, 0.25) is 0 Å². The van der Waals surface area contributed by atoms with Crippen molar-refractivity contribution in [1.29, 1.82) is 0 Å². The highest BCUT2D eigenvalue weighted by Gasteiger charge is 2.34. The monoisotopic (exact) mass is 494 g/mol. The van der Waals surface area contributed by atoms with Crippen molar-refractivity contribution in [2.75, 3.05) is 43.9 Å². The van der Waals surface area contributed by atoms with E-state index in [4.69, 9.17) is 20.4 Å². The number of anilines is 2. The van der Waals surface area contributed by atoms with E-state index in [-0.39, 0.29) is 0 Å². The van der Waals surface area contributed by atoms with Crippen molar-refractivity contribution in [3.63, 3.8) is 0 Å². The van der Waals surface area contributed by atoms with Gasteiger partial charge >= 0.3 is 6.01 Å². The second-order valence-corrected chi connectivity index (χ2v) is 11.0. The van der Waals surface area contributed by atoms with E-state index in [2.05, 4.69) is 70.7 Å². The molecule has 0 radical (unpaired) electrons. The van der Waals surface area contributed by atoms with Crippen LogP contribution in [0.3, 0.4) is 0 Å². The van der Waals surface area contributed by atoms with Gasteiger partial charge in [-0.25, -0.2) is 0 Å². The van der Waals surface area contributed by atoms with Gasteiger partial charge in [0.25, 0.3) is 0 Å². The Labute approximate surface area is 217 Å². The highest BCUT2D eigenvalue weighted by Crippen LogP contribution is 2.36. The Balaban J connectivity index is 1.32. The van der Waals surface area contributed by atoms with Crippen LogP contribution in [-0.4, -0.2) is 66.3 Å². The minimum absolute atomic E-state index is 0.419. The number of nitrogen functional groups attached to an aromatic ring is 1. The van der Waals surface area contributed by atoms with E-state index in [9.17, 15) is 0 Å². The van der Waals surface area contributed by atoms with Gasteiger partial charge in [-0.15, -0.1) is 0 Å². The molecule has 3 aliphatic rings. The molecule has 3 fully saturated rings. The lowest BCUT2D eigenvalue weighted by Gasteiger charge is -2.34. The Morgan fingerprint density at radius 1 is 0.973 bits per heavy atom. The molecule has 2 bridgehead atoms. The number of likely N-dealkylation sites (tertiary alicyclic amines) is 1. The van der Waals surface area contributed by atoms with E-state index >= 15 is 0 Å². The van der Waals surface area contributed by atoms with Crippen molar-refractivity contribution >= 4 is 33.2 Å². The molecule has 0 spiro atoms. The number of rotatable bonds is 5. The van der Waals surface area contributed by atoms with Crippen LogP contribution in [0.25, 0.3) is 32.8 Å². The summed E-state index contributed by atoms with van der Waals surface area (Å²) in [6.07, 6.45) is 4.84. The highest BCUT2D eigenvalue weighted by molar-refractivity contribution is 6.01. The number of likely N-dealkylation sites (N-methyl/N-ethyl adjacent to an activating group) is 1. The second-order valence-electron chi connectivity index (χ2n) is 11.0. The molecule has 0 saturated carbocycles. The van der Waals surface area contributed by atoms with E-state index in [1.54, 1.807) is 0 Å². The van der Waals surface area contributed by atoms with Gasteiger partial charge < -0.3 is 25.6 Å². The minimum atomic E-state index is 0.419. The van der Waals surface area contributed by atoms with Crippen molar-refractivity contribution < 1.29 is 4.74 Å². The SMILES string of the molecule is CN1CCC[C@H]1COc1nc(N2C[C@H]3CC[C@@H](C2)N3)c2ccc(-c3cc(N)cc4ccccc34)cc2n1. The maximum atomic E-state index is 6.30. The van der Waals surface area contributed by atoms with Crippen LogP contribution >= 0.6 is 0 Å². The van der Waals surface area contributed by atoms with Crippen LogP contribution in [0.4, 0.5) is 11.5 Å². The Bertz CT molecular complexity index is 1460. The molecule has 37 heavy (non-hydrogen) atoms. The fourth-order valence-electron chi connectivity index (χ4n) is 6.47. The van der Waals surface area contributed by atoms with Crippen LogP contribution in [0.1, 0.15) is 25.7 Å². The van der Waals surface area contributed by atoms with Crippen LogP contribution in [0.5, 0.6) is 6.01 Å². The van der Waals surface area contributed by atoms with Gasteiger partial charge in [0, 0.05) is 42.3 Å². The number of hydrogen-bond donors (Lipinski definition) is 2. The van der Waals surface area contributed by atoms with Crippen LogP contribution in [0, 0.1) is 0 Å². The summed E-state index contributed by atoms with van der Waals surface area (Å²) in [5.74, 6) is 0.988. The topological polar surface area (TPSA) is 79.5 Å². The molecule has 3 atom stereocenters. The van der Waals surface area contributed by atoms with Crippen molar-refractivity contribution in [1.82, 2.24) is 20.2 Å². The van der Waals surface area contributed by atoms with Crippen molar-refractivity contribution in [2.45, 2.75) is 43.8 Å². The number of nitrogens with one attached hydrogen (secondary N) is 1. The zero-order valence-corrected chi connectivity index (χ0v) is 21.4. The number of benzene rings is 3. The van der Waals surface area contributed by atoms with E-state index in [0.29, 0.717) is 30.7 Å². The lowest BCUT2D eigenvalue weighted by Crippen LogP contribution is -2.51. The zero-order valence-electron chi connectivity index (χ0n) is 21.4. The number of hydrogen-bond acceptors (Lipinski definition) is 7. The van der Waals surface area contributed by atoms with E-state index in [0.717, 1.165) is 65.0 Å². The third-order valence-electron chi connectivity index (χ3n) is 8.44. The molecule has 7 rings (SSSR count). The summed E-state index contributed by atoms with van der Waals surface area (Å²) in [7, 11) is 2.17. The Hall–Kier alpha value is -3.42. The zero-order chi connectivity index (χ0) is 24.9. The fraction of sp³-hybridized carbons (Fsp3) is 0.400. The molecule has 7 nitrogen and oxygen atoms in total. The molecule has 4 heterocycles. The highest BCUT2D eigenvalue weighted by atomic mass is 16.5. The van der Waals surface area contributed by atoms with Crippen molar-refractivity contribution in [3.8, 4) is 17.1 Å². The van der Waals surface area contributed by atoms with E-state index in [1.807, 2.05) is 6.07 Å². The van der Waals surface area contributed by atoms with Crippen LogP contribution < -0.4 is 20.7 Å². The first kappa shape index (κ1) is 22.8. The van der Waals surface area contributed by atoms with Crippen LogP contribution in [-0.2, 0) is 0 Å². The summed E-state index contributed by atoms with van der Waals surface area (Å²) in [5.41, 5.74) is 10.2. The van der Waals surface area contributed by atoms with Gasteiger partial charge in [-0.05, 0) is 85.4 Å². The summed E-state index contributed by atoms with van der Waals surface area (Å²) in [4.78, 5) is 14.7. The summed E-state index contributed by atoms with van der Waals surface area (Å²) in [6.45, 7) is 3.68. The molecule has 190 valence electrons. The summed E-state index contributed by atoms with van der Waals surface area (Å²) < 4.78 is 6.28. The van der Waals surface area contributed by atoms with Crippen molar-refractivity contribution in [2.24, 2.45) is 0 Å². The third kappa shape index (κ3) is 4.26. The number of ether oxygens (including phenoxy) is 1. The normalized spacial score (nSPS) is 23.8. The quantitative estimate of drug-likeness (QED) is 0.397. The Morgan fingerprint density at radius 2 is 1.81 bits per heavy atom. The molecule has 3 N–H and O–H groups in total. The molecule has 3 saturated heterocycles. The van der Waals surface area contributed by atoms with Crippen LogP contribution in [0.15, 0.2) is 54.6 Å². The summed E-state index contributed by atoms with van der Waals surface area (Å²) >= 11 is 0. The molecular formula is C30H34N6O. The van der Waals surface area contributed by atoms with Gasteiger partial charge in [0.2, 0.25) is 0 Å². The second kappa shape index (κ2) is 9.15. The standard InChI is InChI=1S/C30H34N6O/c1-35-12-4-6-24(35)18-37-30-33-28-14-20(27-15-21(31)13-19-5-2-3-7-25(19)27)8-11-26(28)29(34-30)36-16-22-9-10-23(17-36)32-22/h2-3,5,7-8,11,13-15,22-24,32H,4,6,9-10,12,16-18,31H2,1H3/t22-,23+,24-/m0/s1. The van der Waals surface area contributed by atoms with Gasteiger partial charge in [0.1, 0.15) is 12.4 Å². The Kier molecular flexibility index (Phi) is 5.63. The number of piperazine rings is 1. The largest absolute Gasteiger partial charge is 0.462 e. The molecule has 4 aromatic rings. The fourth-order valence-corrected chi connectivity index (χ4v) is 6.47. The molecule has 0 unspecified atom stereocenters. The first-order valence-corrected chi connectivity index (χ1v) is 13.6. The molecule has 7 heteroatoms.